The highest BCUT2D eigenvalue weighted by Crippen LogP contribution is 2.31. The fourth-order valence-corrected chi connectivity index (χ4v) is 2.60. The van der Waals surface area contributed by atoms with Crippen molar-refractivity contribution in [2.75, 3.05) is 18.9 Å². The third-order valence-electron chi connectivity index (χ3n) is 3.75. The van der Waals surface area contributed by atoms with E-state index in [4.69, 9.17) is 0 Å². The molecule has 1 saturated heterocycles. The maximum atomic E-state index is 12.0. The number of carbonyl (C=O) groups is 1. The standard InChI is InChI=1S/C14H14N4O3/c1-17-7-5-12(14(17)19)16-11-2-3-13(18(20)21)10-8-15-6-4-9(10)11/h2-4,6,8,12,16H,5,7H2,1H3. The monoisotopic (exact) mass is 286 g/mol. The number of benzene rings is 1. The summed E-state index contributed by atoms with van der Waals surface area (Å²) in [6, 6.07) is 4.52. The lowest BCUT2D eigenvalue weighted by Crippen LogP contribution is -2.30. The van der Waals surface area contributed by atoms with Crippen LogP contribution in [0.15, 0.2) is 30.6 Å². The van der Waals surface area contributed by atoms with Gasteiger partial charge in [-0.2, -0.15) is 0 Å². The predicted molar refractivity (Wildman–Crippen MR) is 78.1 cm³/mol. The van der Waals surface area contributed by atoms with Gasteiger partial charge in [0.25, 0.3) is 5.69 Å². The van der Waals surface area contributed by atoms with E-state index in [-0.39, 0.29) is 17.6 Å². The Morgan fingerprint density at radius 2 is 2.19 bits per heavy atom. The maximum absolute atomic E-state index is 12.0. The lowest BCUT2D eigenvalue weighted by atomic mass is 10.1. The fourth-order valence-electron chi connectivity index (χ4n) is 2.60. The van der Waals surface area contributed by atoms with Crippen molar-refractivity contribution in [3.05, 3.63) is 40.7 Å². The Morgan fingerprint density at radius 3 is 2.86 bits per heavy atom. The molecule has 0 bridgehead atoms. The van der Waals surface area contributed by atoms with E-state index in [1.54, 1.807) is 30.3 Å². The van der Waals surface area contributed by atoms with Crippen LogP contribution in [-0.2, 0) is 4.79 Å². The van der Waals surface area contributed by atoms with Gasteiger partial charge in [-0.25, -0.2) is 0 Å². The normalized spacial score (nSPS) is 18.2. The summed E-state index contributed by atoms with van der Waals surface area (Å²) < 4.78 is 0. The van der Waals surface area contributed by atoms with Gasteiger partial charge in [0, 0.05) is 43.1 Å². The number of anilines is 1. The molecule has 2 aromatic rings. The minimum Gasteiger partial charge on any atom is -0.373 e. The number of hydrogen-bond acceptors (Lipinski definition) is 5. The molecular weight excluding hydrogens is 272 g/mol. The minimum atomic E-state index is -0.428. The number of nitrogens with one attached hydrogen (secondary N) is 1. The van der Waals surface area contributed by atoms with Crippen LogP contribution in [0, 0.1) is 10.1 Å². The van der Waals surface area contributed by atoms with E-state index < -0.39 is 4.92 Å². The summed E-state index contributed by atoms with van der Waals surface area (Å²) in [4.78, 5) is 28.2. The molecule has 1 atom stereocenters. The highest BCUT2D eigenvalue weighted by molar-refractivity contribution is 6.00. The van der Waals surface area contributed by atoms with Gasteiger partial charge in [0.2, 0.25) is 5.91 Å². The van der Waals surface area contributed by atoms with Gasteiger partial charge >= 0.3 is 0 Å². The van der Waals surface area contributed by atoms with Crippen molar-refractivity contribution in [3.8, 4) is 0 Å². The van der Waals surface area contributed by atoms with Gasteiger partial charge in [0.05, 0.1) is 10.3 Å². The quantitative estimate of drug-likeness (QED) is 0.686. The van der Waals surface area contributed by atoms with Gasteiger partial charge in [-0.15, -0.1) is 0 Å². The van der Waals surface area contributed by atoms with Crippen molar-refractivity contribution in [3.63, 3.8) is 0 Å². The van der Waals surface area contributed by atoms with Gasteiger partial charge in [0.1, 0.15) is 6.04 Å². The van der Waals surface area contributed by atoms with Crippen molar-refractivity contribution in [1.29, 1.82) is 0 Å². The van der Waals surface area contributed by atoms with E-state index in [1.807, 2.05) is 0 Å². The van der Waals surface area contributed by atoms with Gasteiger partial charge < -0.3 is 10.2 Å². The highest BCUT2D eigenvalue weighted by Gasteiger charge is 2.29. The molecule has 1 N–H and O–H groups in total. The van der Waals surface area contributed by atoms with Gasteiger partial charge in [-0.3, -0.25) is 19.9 Å². The number of aromatic nitrogens is 1. The number of non-ortho nitro benzene ring substituents is 1. The van der Waals surface area contributed by atoms with Crippen LogP contribution in [0.1, 0.15) is 6.42 Å². The van der Waals surface area contributed by atoms with Gasteiger partial charge in [0.15, 0.2) is 0 Å². The number of nitrogens with zero attached hydrogens (tertiary/aromatic N) is 3. The first-order chi connectivity index (χ1) is 10.1. The number of fused-ring (bicyclic) bond motifs is 1. The van der Waals surface area contributed by atoms with Crippen LogP contribution in [0.5, 0.6) is 0 Å². The maximum Gasteiger partial charge on any atom is 0.278 e. The molecule has 0 radical (unpaired) electrons. The van der Waals surface area contributed by atoms with E-state index in [1.165, 1.54) is 12.3 Å². The van der Waals surface area contributed by atoms with Crippen molar-refractivity contribution in [2.24, 2.45) is 0 Å². The van der Waals surface area contributed by atoms with Crippen molar-refractivity contribution in [1.82, 2.24) is 9.88 Å². The average Bonchev–Trinajstić information content (AvgIpc) is 2.79. The molecule has 0 saturated carbocycles. The van der Waals surface area contributed by atoms with Crippen molar-refractivity contribution >= 4 is 28.1 Å². The molecule has 1 amide bonds. The molecule has 1 unspecified atom stereocenters. The lowest BCUT2D eigenvalue weighted by molar-refractivity contribution is -0.383. The fraction of sp³-hybridized carbons (Fsp3) is 0.286. The van der Waals surface area contributed by atoms with Gasteiger partial charge in [-0.05, 0) is 18.6 Å². The molecular formula is C14H14N4O3. The molecule has 1 fully saturated rings. The average molecular weight is 286 g/mol. The van der Waals surface area contributed by atoms with E-state index >= 15 is 0 Å². The van der Waals surface area contributed by atoms with Crippen LogP contribution < -0.4 is 5.32 Å². The van der Waals surface area contributed by atoms with Crippen LogP contribution in [0.2, 0.25) is 0 Å². The molecule has 1 aliphatic heterocycles. The van der Waals surface area contributed by atoms with Crippen molar-refractivity contribution in [2.45, 2.75) is 12.5 Å². The zero-order valence-electron chi connectivity index (χ0n) is 11.4. The first-order valence-corrected chi connectivity index (χ1v) is 6.60. The molecule has 108 valence electrons. The molecule has 21 heavy (non-hydrogen) atoms. The Hall–Kier alpha value is -2.70. The zero-order valence-corrected chi connectivity index (χ0v) is 11.4. The second-order valence-corrected chi connectivity index (χ2v) is 5.06. The number of likely N-dealkylation sites (N-methyl/N-ethyl adjacent to an activating group) is 1. The van der Waals surface area contributed by atoms with E-state index in [9.17, 15) is 14.9 Å². The smallest absolute Gasteiger partial charge is 0.278 e. The molecule has 0 aliphatic carbocycles. The molecule has 2 heterocycles. The predicted octanol–water partition coefficient (Wildman–Crippen LogP) is 1.79. The Balaban J connectivity index is 2.02. The Kier molecular flexibility index (Phi) is 3.17. The van der Waals surface area contributed by atoms with Crippen molar-refractivity contribution < 1.29 is 9.72 Å². The third kappa shape index (κ3) is 2.26. The van der Waals surface area contributed by atoms with Crippen LogP contribution in [0.25, 0.3) is 10.8 Å². The zero-order chi connectivity index (χ0) is 15.0. The Bertz CT molecular complexity index is 731. The molecule has 1 aromatic heterocycles. The van der Waals surface area contributed by atoms with E-state index in [0.29, 0.717) is 23.0 Å². The summed E-state index contributed by atoms with van der Waals surface area (Å²) in [6.45, 7) is 0.711. The SMILES string of the molecule is CN1CCC(Nc2ccc([N+](=O)[O-])c3cnccc23)C1=O. The number of pyridine rings is 1. The van der Waals surface area contributed by atoms with Crippen LogP contribution >= 0.6 is 0 Å². The van der Waals surface area contributed by atoms with Crippen LogP contribution in [-0.4, -0.2) is 40.3 Å². The number of rotatable bonds is 3. The number of amides is 1. The third-order valence-corrected chi connectivity index (χ3v) is 3.75. The second-order valence-electron chi connectivity index (χ2n) is 5.06. The van der Waals surface area contributed by atoms with E-state index in [2.05, 4.69) is 10.3 Å². The first-order valence-electron chi connectivity index (χ1n) is 6.60. The Labute approximate surface area is 120 Å². The number of carbonyl (C=O) groups excluding carboxylic acids is 1. The summed E-state index contributed by atoms with van der Waals surface area (Å²) in [7, 11) is 1.77. The summed E-state index contributed by atoms with van der Waals surface area (Å²) in [5.41, 5.74) is 0.727. The summed E-state index contributed by atoms with van der Waals surface area (Å²) in [5.74, 6) is 0.0376. The molecule has 1 aliphatic rings. The molecule has 7 heteroatoms. The number of hydrogen-bond donors (Lipinski definition) is 1. The van der Waals surface area contributed by atoms with E-state index in [0.717, 1.165) is 6.42 Å². The van der Waals surface area contributed by atoms with Crippen LogP contribution in [0.3, 0.4) is 0 Å². The highest BCUT2D eigenvalue weighted by atomic mass is 16.6. The number of likely N-dealkylation sites (tertiary alicyclic amines) is 1. The summed E-state index contributed by atoms with van der Waals surface area (Å²) >= 11 is 0. The largest absolute Gasteiger partial charge is 0.373 e. The molecule has 1 aromatic carbocycles. The topological polar surface area (TPSA) is 88.4 Å². The second kappa shape index (κ2) is 5.01. The molecule has 3 rings (SSSR count). The molecule has 7 nitrogen and oxygen atoms in total. The van der Waals surface area contributed by atoms with Crippen LogP contribution in [0.4, 0.5) is 11.4 Å². The Morgan fingerprint density at radius 1 is 1.38 bits per heavy atom. The first kappa shape index (κ1) is 13.3. The summed E-state index contributed by atoms with van der Waals surface area (Å²) in [5, 5.41) is 15.4. The summed E-state index contributed by atoms with van der Waals surface area (Å²) in [6.07, 6.45) is 3.78. The molecule has 0 spiro atoms. The number of nitro groups is 1. The minimum absolute atomic E-state index is 0.0125. The van der Waals surface area contributed by atoms with Gasteiger partial charge in [-0.1, -0.05) is 0 Å². The number of nitro benzene ring substituents is 1. The lowest BCUT2D eigenvalue weighted by Gasteiger charge is -2.15.